The summed E-state index contributed by atoms with van der Waals surface area (Å²) in [7, 11) is 0. The number of aldehydes is 1. The molecule has 76 valence electrons. The van der Waals surface area contributed by atoms with Crippen LogP contribution in [-0.2, 0) is 0 Å². The van der Waals surface area contributed by atoms with Gasteiger partial charge in [-0.05, 0) is 24.3 Å². The third-order valence-electron chi connectivity index (χ3n) is 2.58. The number of fused-ring (bicyclic) bond motifs is 3. The van der Waals surface area contributed by atoms with E-state index >= 15 is 0 Å². The Morgan fingerprint density at radius 1 is 1.06 bits per heavy atom. The Bertz CT molecular complexity index is 692. The lowest BCUT2D eigenvalue weighted by molar-refractivity contribution is 0.111. The van der Waals surface area contributed by atoms with Crippen LogP contribution in [0.5, 0.6) is 0 Å². The zero-order valence-corrected chi connectivity index (χ0v) is 8.42. The summed E-state index contributed by atoms with van der Waals surface area (Å²) in [6, 6.07) is 11.4. The summed E-state index contributed by atoms with van der Waals surface area (Å²) in [4.78, 5) is 19.3. The first-order valence-electron chi connectivity index (χ1n) is 4.98. The van der Waals surface area contributed by atoms with Gasteiger partial charge in [0.05, 0.1) is 11.0 Å². The molecule has 0 N–H and O–H groups in total. The normalized spacial score (nSPS) is 10.8. The highest BCUT2D eigenvalue weighted by Gasteiger charge is 2.02. The summed E-state index contributed by atoms with van der Waals surface area (Å²) in [5.74, 6) is 0. The second-order valence-electron chi connectivity index (χ2n) is 3.56. The van der Waals surface area contributed by atoms with Crippen LogP contribution < -0.4 is 0 Å². The van der Waals surface area contributed by atoms with E-state index in [0.29, 0.717) is 5.69 Å². The highest BCUT2D eigenvalue weighted by molar-refractivity contribution is 6.04. The third kappa shape index (κ3) is 1.26. The maximum absolute atomic E-state index is 10.7. The van der Waals surface area contributed by atoms with Crippen molar-refractivity contribution >= 4 is 28.1 Å². The molecule has 0 bridgehead atoms. The second kappa shape index (κ2) is 3.38. The van der Waals surface area contributed by atoms with Crippen LogP contribution in [0.3, 0.4) is 0 Å². The maximum Gasteiger partial charge on any atom is 0.168 e. The molecule has 2 heterocycles. The highest BCUT2D eigenvalue weighted by atomic mass is 16.1. The first-order chi connectivity index (χ1) is 7.88. The molecule has 0 aliphatic heterocycles. The number of benzene rings is 1. The molecule has 16 heavy (non-hydrogen) atoms. The van der Waals surface area contributed by atoms with Gasteiger partial charge in [-0.3, -0.25) is 9.78 Å². The van der Waals surface area contributed by atoms with Gasteiger partial charge in [-0.15, -0.1) is 0 Å². The van der Waals surface area contributed by atoms with E-state index in [1.165, 1.54) is 0 Å². The number of carbonyl (C=O) groups excluding carboxylic acids is 1. The Balaban J connectivity index is 2.52. The molecule has 0 radical (unpaired) electrons. The third-order valence-corrected chi connectivity index (χ3v) is 2.58. The van der Waals surface area contributed by atoms with Crippen molar-refractivity contribution < 1.29 is 4.79 Å². The minimum atomic E-state index is 0.448. The molecule has 0 aliphatic carbocycles. The van der Waals surface area contributed by atoms with Crippen LogP contribution in [0, 0.1) is 0 Å². The fourth-order valence-electron chi connectivity index (χ4n) is 1.82. The van der Waals surface area contributed by atoms with Crippen molar-refractivity contribution in [2.45, 2.75) is 0 Å². The maximum atomic E-state index is 10.7. The van der Waals surface area contributed by atoms with Crippen LogP contribution in [0.4, 0.5) is 0 Å². The van der Waals surface area contributed by atoms with E-state index in [-0.39, 0.29) is 0 Å². The van der Waals surface area contributed by atoms with Gasteiger partial charge in [-0.1, -0.05) is 12.1 Å². The Morgan fingerprint density at radius 3 is 2.81 bits per heavy atom. The molecule has 2 aromatic heterocycles. The first kappa shape index (κ1) is 8.97. The van der Waals surface area contributed by atoms with Crippen molar-refractivity contribution in [1.82, 2.24) is 9.97 Å². The predicted octanol–water partition coefficient (Wildman–Crippen LogP) is 2.60. The number of nitrogens with zero attached hydrogens (tertiary/aromatic N) is 2. The van der Waals surface area contributed by atoms with Crippen LogP contribution >= 0.6 is 0 Å². The van der Waals surface area contributed by atoms with Crippen LogP contribution in [0.15, 0.2) is 42.6 Å². The zero-order valence-electron chi connectivity index (χ0n) is 8.42. The quantitative estimate of drug-likeness (QED) is 0.456. The van der Waals surface area contributed by atoms with E-state index in [1.54, 1.807) is 12.3 Å². The Morgan fingerprint density at radius 2 is 1.94 bits per heavy atom. The molecule has 3 heteroatoms. The topological polar surface area (TPSA) is 42.9 Å². The lowest BCUT2D eigenvalue weighted by Gasteiger charge is -2.02. The summed E-state index contributed by atoms with van der Waals surface area (Å²) in [6.07, 6.45) is 2.51. The van der Waals surface area contributed by atoms with Crippen LogP contribution in [0.25, 0.3) is 21.8 Å². The van der Waals surface area contributed by atoms with Crippen molar-refractivity contribution in [3.8, 4) is 0 Å². The fourth-order valence-corrected chi connectivity index (χ4v) is 1.82. The number of hydrogen-bond donors (Lipinski definition) is 0. The average Bonchev–Trinajstić information content (AvgIpc) is 2.38. The van der Waals surface area contributed by atoms with Crippen LogP contribution in [-0.4, -0.2) is 16.3 Å². The fraction of sp³-hybridized carbons (Fsp3) is 0. The molecule has 0 spiro atoms. The van der Waals surface area contributed by atoms with Crippen molar-refractivity contribution in [2.24, 2.45) is 0 Å². The molecule has 0 saturated carbocycles. The van der Waals surface area contributed by atoms with Crippen LogP contribution in [0.2, 0.25) is 0 Å². The lowest BCUT2D eigenvalue weighted by atomic mass is 10.1. The smallest absolute Gasteiger partial charge is 0.168 e. The van der Waals surface area contributed by atoms with E-state index < -0.39 is 0 Å². The molecule has 1 aromatic carbocycles. The number of hydrogen-bond acceptors (Lipinski definition) is 3. The molecule has 0 saturated heterocycles. The number of carbonyl (C=O) groups is 1. The van der Waals surface area contributed by atoms with E-state index in [0.717, 1.165) is 28.1 Å². The number of rotatable bonds is 1. The summed E-state index contributed by atoms with van der Waals surface area (Å²) in [5.41, 5.74) is 2.17. The van der Waals surface area contributed by atoms with E-state index in [9.17, 15) is 4.79 Å². The van der Waals surface area contributed by atoms with Crippen molar-refractivity contribution in [3.05, 3.63) is 48.3 Å². The summed E-state index contributed by atoms with van der Waals surface area (Å²) < 4.78 is 0. The first-order valence-corrected chi connectivity index (χ1v) is 4.98. The molecule has 0 amide bonds. The molecule has 0 aliphatic rings. The van der Waals surface area contributed by atoms with E-state index in [1.807, 2.05) is 30.3 Å². The van der Waals surface area contributed by atoms with Gasteiger partial charge in [0.15, 0.2) is 6.29 Å². The van der Waals surface area contributed by atoms with Gasteiger partial charge in [0.1, 0.15) is 5.69 Å². The molecular formula is C13H8N2O. The molecule has 3 nitrogen and oxygen atoms in total. The standard InChI is InChI=1S/C13H8N2O/c16-8-10-5-3-9-4-6-12-11(13(9)15-10)2-1-7-14-12/h1-8H. The van der Waals surface area contributed by atoms with Gasteiger partial charge in [0.25, 0.3) is 0 Å². The Labute approximate surface area is 91.8 Å². The zero-order chi connectivity index (χ0) is 11.0. The van der Waals surface area contributed by atoms with Gasteiger partial charge in [-0.2, -0.15) is 0 Å². The molecule has 3 rings (SSSR count). The monoisotopic (exact) mass is 208 g/mol. The van der Waals surface area contributed by atoms with E-state index in [2.05, 4.69) is 9.97 Å². The number of aromatic nitrogens is 2. The predicted molar refractivity (Wildman–Crippen MR) is 62.4 cm³/mol. The Hall–Kier alpha value is -2.29. The van der Waals surface area contributed by atoms with Crippen molar-refractivity contribution in [2.75, 3.05) is 0 Å². The van der Waals surface area contributed by atoms with Gasteiger partial charge in [-0.25, -0.2) is 4.98 Å². The largest absolute Gasteiger partial charge is 0.296 e. The SMILES string of the molecule is O=Cc1ccc2ccc3ncccc3c2n1. The van der Waals surface area contributed by atoms with Gasteiger partial charge < -0.3 is 0 Å². The minimum Gasteiger partial charge on any atom is -0.296 e. The van der Waals surface area contributed by atoms with E-state index in [4.69, 9.17) is 0 Å². The summed E-state index contributed by atoms with van der Waals surface area (Å²) >= 11 is 0. The highest BCUT2D eigenvalue weighted by Crippen LogP contribution is 2.21. The summed E-state index contributed by atoms with van der Waals surface area (Å²) in [6.45, 7) is 0. The van der Waals surface area contributed by atoms with Gasteiger partial charge in [0, 0.05) is 17.0 Å². The molecular weight excluding hydrogens is 200 g/mol. The summed E-state index contributed by atoms with van der Waals surface area (Å²) in [5, 5.41) is 2.00. The van der Waals surface area contributed by atoms with Gasteiger partial charge in [0.2, 0.25) is 0 Å². The molecule has 0 unspecified atom stereocenters. The molecule has 0 fully saturated rings. The van der Waals surface area contributed by atoms with Crippen molar-refractivity contribution in [1.29, 1.82) is 0 Å². The van der Waals surface area contributed by atoms with Crippen molar-refractivity contribution in [3.63, 3.8) is 0 Å². The Kier molecular flexibility index (Phi) is 1.90. The second-order valence-corrected chi connectivity index (χ2v) is 3.56. The molecule has 3 aromatic rings. The molecule has 0 atom stereocenters. The lowest BCUT2D eigenvalue weighted by Crippen LogP contribution is -1.89. The van der Waals surface area contributed by atoms with Gasteiger partial charge >= 0.3 is 0 Å². The number of pyridine rings is 2. The minimum absolute atomic E-state index is 0.448. The average molecular weight is 208 g/mol. The van der Waals surface area contributed by atoms with Crippen LogP contribution in [0.1, 0.15) is 10.5 Å².